The molecule has 0 aliphatic carbocycles. The molecule has 1 radical (unpaired) electrons. The van der Waals surface area contributed by atoms with Crippen molar-refractivity contribution in [1.82, 2.24) is 0 Å². The lowest BCUT2D eigenvalue weighted by Gasteiger charge is -2.32. The molecular weight excluding hydrogens is 280 g/mol. The van der Waals surface area contributed by atoms with Gasteiger partial charge in [-0.25, -0.2) is 0 Å². The quantitative estimate of drug-likeness (QED) is 0.670. The summed E-state index contributed by atoms with van der Waals surface area (Å²) in [7, 11) is -3.81. The lowest BCUT2D eigenvalue weighted by atomic mass is 10.6. The van der Waals surface area contributed by atoms with Gasteiger partial charge >= 0.3 is 8.56 Å². The normalized spacial score (nSPS) is 12.4. The molecule has 6 heteroatoms. The minimum Gasteiger partial charge on any atom is -0.437 e. The van der Waals surface area contributed by atoms with Crippen molar-refractivity contribution in [1.29, 1.82) is 0 Å². The van der Waals surface area contributed by atoms with E-state index in [4.69, 9.17) is 8.23 Å². The molecule has 17 heavy (non-hydrogen) atoms. The van der Waals surface area contributed by atoms with Crippen LogP contribution in [-0.4, -0.2) is 37.9 Å². The van der Waals surface area contributed by atoms with Crippen LogP contribution in [-0.2, 0) is 8.23 Å². The summed E-state index contributed by atoms with van der Waals surface area (Å²) in [5.74, 6) is 1.31. The third-order valence-electron chi connectivity index (χ3n) is 1.41. The van der Waals surface area contributed by atoms with Gasteiger partial charge in [0.15, 0.2) is 17.4 Å². The van der Waals surface area contributed by atoms with Gasteiger partial charge in [0, 0.05) is 0 Å². The molecule has 0 rings (SSSR count). The van der Waals surface area contributed by atoms with Crippen molar-refractivity contribution < 1.29 is 8.23 Å². The average molecular weight is 312 g/mol. The van der Waals surface area contributed by atoms with Crippen molar-refractivity contribution in [2.75, 3.05) is 12.0 Å². The second-order valence-electron chi connectivity index (χ2n) is 5.62. The Morgan fingerprint density at radius 2 is 1.53 bits per heavy atom. The Morgan fingerprint density at radius 1 is 1.06 bits per heavy atom. The Labute approximate surface area is 117 Å². The molecule has 0 saturated heterocycles. The van der Waals surface area contributed by atoms with Crippen molar-refractivity contribution in [3.63, 3.8) is 0 Å². The van der Waals surface area contributed by atoms with E-state index in [2.05, 4.69) is 59.0 Å². The smallest absolute Gasteiger partial charge is 0.311 e. The molecule has 0 aliphatic heterocycles. The fraction of sp³-hybridized carbons (Fsp3) is 1.00. The van der Waals surface area contributed by atoms with Crippen LogP contribution >= 0.6 is 11.8 Å². The largest absolute Gasteiger partial charge is 0.437 e. The molecule has 0 N–H and O–H groups in total. The van der Waals surface area contributed by atoms with Gasteiger partial charge in [-0.1, -0.05) is 6.92 Å². The first kappa shape index (κ1) is 20.2. The molecule has 0 aliphatic rings. The van der Waals surface area contributed by atoms with Crippen molar-refractivity contribution in [3.05, 3.63) is 0 Å². The molecule has 0 spiro atoms. The predicted molar refractivity (Wildman–Crippen MR) is 89.2 cm³/mol. The maximum Gasteiger partial charge on any atom is 0.311 e. The fourth-order valence-corrected chi connectivity index (χ4v) is 12.2. The maximum atomic E-state index is 6.02. The zero-order chi connectivity index (χ0) is 14.1. The van der Waals surface area contributed by atoms with Gasteiger partial charge in [0.2, 0.25) is 0 Å². The van der Waals surface area contributed by atoms with E-state index >= 15 is 0 Å². The van der Waals surface area contributed by atoms with Crippen LogP contribution < -0.4 is 0 Å². The Hall–Kier alpha value is 0.921. The first-order chi connectivity index (χ1) is 7.54. The number of hydrogen-bond acceptors (Lipinski definition) is 3. The van der Waals surface area contributed by atoms with Crippen LogP contribution in [0.3, 0.4) is 0 Å². The highest BCUT2D eigenvalue weighted by atomic mass is 32.2. The zero-order valence-electron chi connectivity index (χ0n) is 13.1. The Kier molecular flexibility index (Phi) is 11.7. The van der Waals surface area contributed by atoms with Crippen molar-refractivity contribution in [3.8, 4) is 0 Å². The van der Waals surface area contributed by atoms with E-state index < -0.39 is 25.9 Å². The van der Waals surface area contributed by atoms with Crippen LogP contribution in [0, 0.1) is 0 Å². The highest BCUT2D eigenvalue weighted by molar-refractivity contribution is 7.98. The molecular formula is C11H31O2SSi3. The minimum atomic E-state index is -1.79. The maximum absolute atomic E-state index is 6.02. The fourth-order valence-electron chi connectivity index (χ4n) is 1.45. The van der Waals surface area contributed by atoms with E-state index in [0.29, 0.717) is 0 Å². The summed E-state index contributed by atoms with van der Waals surface area (Å²) < 4.78 is 11.9. The molecule has 0 fully saturated rings. The summed E-state index contributed by atoms with van der Waals surface area (Å²) in [5.41, 5.74) is 0. The molecule has 0 heterocycles. The van der Waals surface area contributed by atoms with Gasteiger partial charge in [-0.15, -0.1) is 0 Å². The Morgan fingerprint density at radius 3 is 1.71 bits per heavy atom. The molecule has 0 atom stereocenters. The van der Waals surface area contributed by atoms with Gasteiger partial charge < -0.3 is 8.23 Å². The molecule has 0 aromatic carbocycles. The lowest BCUT2D eigenvalue weighted by molar-refractivity contribution is 0.405. The first-order valence-electron chi connectivity index (χ1n) is 6.22. The summed E-state index contributed by atoms with van der Waals surface area (Å²) in [5, 5.41) is 0. The van der Waals surface area contributed by atoms with Crippen LogP contribution in [0.25, 0.3) is 0 Å². The molecule has 0 amide bonds. The summed E-state index contributed by atoms with van der Waals surface area (Å²) >= 11 is 1.90. The third-order valence-corrected chi connectivity index (χ3v) is 10.2. The number of hydrogen-bond donors (Lipinski definition) is 0. The lowest BCUT2D eigenvalue weighted by Crippen LogP contribution is -2.46. The predicted octanol–water partition coefficient (Wildman–Crippen LogP) is 4.57. The Balaban J connectivity index is 0. The molecule has 0 saturated carbocycles. The van der Waals surface area contributed by atoms with E-state index in [1.807, 2.05) is 11.8 Å². The molecule has 0 unspecified atom stereocenters. The van der Waals surface area contributed by atoms with Crippen molar-refractivity contribution >= 4 is 37.7 Å². The summed E-state index contributed by atoms with van der Waals surface area (Å²) in [6.45, 7) is 17.4. The van der Waals surface area contributed by atoms with Gasteiger partial charge in [0.05, 0.1) is 0 Å². The summed E-state index contributed by atoms with van der Waals surface area (Å²) in [6.07, 6.45) is 3.44. The standard InChI is InChI=1S/C7H21O2Si3.C4H10S/c1-10(2)8-12(6,7)9-11(3,4)5;1-3-4-5-2/h1-7H3;3-4H2,1-2H3. The second-order valence-corrected chi connectivity index (χ2v) is 17.1. The molecule has 0 aromatic heterocycles. The van der Waals surface area contributed by atoms with Crippen LogP contribution in [0.4, 0.5) is 0 Å². The number of rotatable bonds is 6. The monoisotopic (exact) mass is 311 g/mol. The van der Waals surface area contributed by atoms with Crippen molar-refractivity contribution in [2.45, 2.75) is 59.2 Å². The van der Waals surface area contributed by atoms with E-state index in [1.165, 1.54) is 12.2 Å². The van der Waals surface area contributed by atoms with Gasteiger partial charge in [-0.2, -0.15) is 11.8 Å². The molecule has 105 valence electrons. The molecule has 0 bridgehead atoms. The number of thioether (sulfide) groups is 1. The Bertz CT molecular complexity index is 180. The second kappa shape index (κ2) is 9.80. The van der Waals surface area contributed by atoms with E-state index in [-0.39, 0.29) is 0 Å². The van der Waals surface area contributed by atoms with Crippen molar-refractivity contribution in [2.24, 2.45) is 0 Å². The third kappa shape index (κ3) is 19.4. The SMILES string of the molecule is CCCSC.C[Si](C)O[Si](C)(C)O[Si](C)(C)C. The van der Waals surface area contributed by atoms with Crippen LogP contribution in [0.15, 0.2) is 0 Å². The highest BCUT2D eigenvalue weighted by Gasteiger charge is 2.32. The van der Waals surface area contributed by atoms with Gasteiger partial charge in [-0.3, -0.25) is 0 Å². The summed E-state index contributed by atoms with van der Waals surface area (Å²) in [4.78, 5) is 0. The van der Waals surface area contributed by atoms with Crippen LogP contribution in [0.2, 0.25) is 45.8 Å². The minimum absolute atomic E-state index is 0.604. The van der Waals surface area contributed by atoms with E-state index in [0.717, 1.165) is 0 Å². The topological polar surface area (TPSA) is 18.5 Å². The molecule has 2 nitrogen and oxygen atoms in total. The van der Waals surface area contributed by atoms with E-state index in [9.17, 15) is 0 Å². The molecule has 0 aromatic rings. The van der Waals surface area contributed by atoms with E-state index in [1.54, 1.807) is 0 Å². The first-order valence-corrected chi connectivity index (χ1v) is 16.2. The van der Waals surface area contributed by atoms with Gasteiger partial charge in [-0.05, 0) is 64.3 Å². The summed E-state index contributed by atoms with van der Waals surface area (Å²) in [6, 6.07) is 0. The average Bonchev–Trinajstić information content (AvgIpc) is 1.98. The van der Waals surface area contributed by atoms with Gasteiger partial charge in [0.1, 0.15) is 0 Å². The van der Waals surface area contributed by atoms with Gasteiger partial charge in [0.25, 0.3) is 0 Å². The zero-order valence-corrected chi connectivity index (χ0v) is 17.0. The van der Waals surface area contributed by atoms with Crippen LogP contribution in [0.1, 0.15) is 13.3 Å². The van der Waals surface area contributed by atoms with Crippen LogP contribution in [0.5, 0.6) is 0 Å². The highest BCUT2D eigenvalue weighted by Crippen LogP contribution is 2.15.